The maximum absolute atomic E-state index is 13.0. The minimum Gasteiger partial charge on any atom is -0.376 e. The molecule has 2 nitrogen and oxygen atoms in total. The zero-order valence-electron chi connectivity index (χ0n) is 8.76. The second-order valence-corrected chi connectivity index (χ2v) is 4.73. The zero-order chi connectivity index (χ0) is 12.8. The van der Waals surface area contributed by atoms with Crippen molar-refractivity contribution in [3.8, 4) is 0 Å². The first-order valence-electron chi connectivity index (χ1n) is 5.16. The van der Waals surface area contributed by atoms with Gasteiger partial charge < -0.3 is 10.8 Å². The van der Waals surface area contributed by atoms with Crippen LogP contribution in [0, 0.1) is 5.92 Å². The fraction of sp³-hybridized carbons (Fsp3) is 0.545. The summed E-state index contributed by atoms with van der Waals surface area (Å²) in [6.07, 6.45) is -1.77. The Morgan fingerprint density at radius 1 is 1.41 bits per heavy atom. The lowest BCUT2D eigenvalue weighted by Crippen LogP contribution is -2.53. The van der Waals surface area contributed by atoms with Gasteiger partial charge in [-0.15, -0.1) is 5.73 Å². The second-order valence-electron chi connectivity index (χ2n) is 4.32. The summed E-state index contributed by atoms with van der Waals surface area (Å²) in [4.78, 5) is 0. The average molecular weight is 266 g/mol. The molecular weight excluding hydrogens is 255 g/mol. The second kappa shape index (κ2) is 3.89. The van der Waals surface area contributed by atoms with Gasteiger partial charge in [0.05, 0.1) is 11.1 Å². The van der Waals surface area contributed by atoms with E-state index in [2.05, 4.69) is 5.73 Å². The number of hydrogen-bond acceptors (Lipinski definition) is 2. The van der Waals surface area contributed by atoms with E-state index < -0.39 is 23.7 Å². The molecule has 0 aliphatic heterocycles. The third-order valence-corrected chi connectivity index (χ3v) is 3.30. The number of nitrogens with two attached hydrogens (primary N) is 1. The first-order valence-corrected chi connectivity index (χ1v) is 5.53. The summed E-state index contributed by atoms with van der Waals surface area (Å²) in [6.45, 7) is 0. The number of allylic oxidation sites excluding steroid dienone is 1. The van der Waals surface area contributed by atoms with Crippen molar-refractivity contribution >= 4 is 11.6 Å². The molecule has 2 rings (SSSR count). The van der Waals surface area contributed by atoms with E-state index >= 15 is 0 Å². The minimum atomic E-state index is -4.75. The van der Waals surface area contributed by atoms with Crippen LogP contribution in [0.3, 0.4) is 0 Å². The Bertz CT molecular complexity index is 432. The maximum Gasteiger partial charge on any atom is 0.421 e. The van der Waals surface area contributed by atoms with Crippen molar-refractivity contribution in [1.29, 1.82) is 0 Å². The lowest BCUT2D eigenvalue weighted by atomic mass is 9.82. The third-order valence-electron chi connectivity index (χ3n) is 3.08. The van der Waals surface area contributed by atoms with Crippen molar-refractivity contribution in [2.24, 2.45) is 11.7 Å². The number of halogens is 4. The smallest absolute Gasteiger partial charge is 0.376 e. The van der Waals surface area contributed by atoms with Gasteiger partial charge in [-0.3, -0.25) is 0 Å². The van der Waals surface area contributed by atoms with Gasteiger partial charge in [0, 0.05) is 5.92 Å². The Kier molecular flexibility index (Phi) is 2.91. The summed E-state index contributed by atoms with van der Waals surface area (Å²) in [6, 6.07) is -1.01. The van der Waals surface area contributed by atoms with Crippen molar-refractivity contribution in [3.05, 3.63) is 28.5 Å². The van der Waals surface area contributed by atoms with Gasteiger partial charge in [-0.05, 0) is 30.6 Å². The third kappa shape index (κ3) is 2.04. The lowest BCUT2D eigenvalue weighted by Gasteiger charge is -2.35. The van der Waals surface area contributed by atoms with Gasteiger partial charge >= 0.3 is 6.18 Å². The van der Waals surface area contributed by atoms with Crippen LogP contribution in [0.5, 0.6) is 0 Å². The van der Waals surface area contributed by atoms with Crippen LogP contribution in [0.25, 0.3) is 0 Å². The monoisotopic (exact) mass is 265 g/mol. The predicted molar refractivity (Wildman–Crippen MR) is 57.2 cm³/mol. The fourth-order valence-corrected chi connectivity index (χ4v) is 2.21. The molecule has 0 heterocycles. The number of alkyl halides is 3. The first-order chi connectivity index (χ1) is 7.76. The van der Waals surface area contributed by atoms with E-state index in [-0.39, 0.29) is 10.6 Å². The van der Waals surface area contributed by atoms with E-state index in [1.165, 1.54) is 6.08 Å². The largest absolute Gasteiger partial charge is 0.421 e. The van der Waals surface area contributed by atoms with E-state index in [1.54, 1.807) is 0 Å². The van der Waals surface area contributed by atoms with E-state index in [9.17, 15) is 18.3 Å². The molecule has 1 unspecified atom stereocenters. The van der Waals surface area contributed by atoms with Crippen LogP contribution in [0.15, 0.2) is 28.5 Å². The molecule has 0 radical (unpaired) electrons. The van der Waals surface area contributed by atoms with Gasteiger partial charge in [0.15, 0.2) is 5.60 Å². The normalized spacial score (nSPS) is 28.5. The molecule has 17 heavy (non-hydrogen) atoms. The van der Waals surface area contributed by atoms with Crippen LogP contribution in [-0.4, -0.2) is 22.9 Å². The highest BCUT2D eigenvalue weighted by atomic mass is 35.5. The van der Waals surface area contributed by atoms with Crippen molar-refractivity contribution in [2.75, 3.05) is 0 Å². The van der Waals surface area contributed by atoms with Crippen molar-refractivity contribution in [2.45, 2.75) is 30.7 Å². The van der Waals surface area contributed by atoms with Crippen LogP contribution >= 0.6 is 11.6 Å². The minimum absolute atomic E-state index is 0.0185. The fourth-order valence-electron chi connectivity index (χ4n) is 2.03. The highest BCUT2D eigenvalue weighted by Gasteiger charge is 2.64. The standard InChI is InChI=1S/C11H11ClF3NO/c12-7-3-4-9(16)8(5-7)10(17,6-1-2-6)11(13,14)15/h4-6,9,17H,1-2,16H2/t9?,10-/m0/s1. The molecule has 1 saturated carbocycles. The summed E-state index contributed by atoms with van der Waals surface area (Å²) in [7, 11) is 0. The van der Waals surface area contributed by atoms with Gasteiger partial charge in [0.2, 0.25) is 0 Å². The number of aliphatic hydroxyl groups is 1. The highest BCUT2D eigenvalue weighted by molar-refractivity contribution is 6.31. The molecule has 0 aromatic rings. The molecule has 0 aromatic heterocycles. The molecule has 3 N–H and O–H groups in total. The van der Waals surface area contributed by atoms with Crippen LogP contribution in [0.2, 0.25) is 0 Å². The molecule has 0 aromatic carbocycles. The van der Waals surface area contributed by atoms with Gasteiger partial charge in [0.1, 0.15) is 0 Å². The first kappa shape index (κ1) is 12.7. The Morgan fingerprint density at radius 3 is 2.47 bits per heavy atom. The quantitative estimate of drug-likeness (QED) is 0.752. The Balaban J connectivity index is 2.46. The van der Waals surface area contributed by atoms with E-state index in [0.29, 0.717) is 12.8 Å². The molecule has 0 saturated heterocycles. The van der Waals surface area contributed by atoms with Crippen molar-refractivity contribution in [3.63, 3.8) is 0 Å². The summed E-state index contributed by atoms with van der Waals surface area (Å²) in [5.41, 5.74) is 4.93. The van der Waals surface area contributed by atoms with Crippen molar-refractivity contribution in [1.82, 2.24) is 0 Å². The summed E-state index contributed by atoms with van der Waals surface area (Å²) in [5, 5.41) is 10.0. The van der Waals surface area contributed by atoms with Crippen LogP contribution in [-0.2, 0) is 0 Å². The molecule has 0 amide bonds. The SMILES string of the molecule is NC1C=C=C(Cl)C=C1[C@@](O)(C1CC1)C(F)(F)F. The van der Waals surface area contributed by atoms with E-state index in [1.807, 2.05) is 0 Å². The van der Waals surface area contributed by atoms with Crippen molar-refractivity contribution < 1.29 is 18.3 Å². The molecule has 94 valence electrons. The molecule has 6 heteroatoms. The molecular formula is C11H11ClF3NO. The van der Waals surface area contributed by atoms with Gasteiger partial charge in [-0.25, -0.2) is 0 Å². The Labute approximate surface area is 101 Å². The van der Waals surface area contributed by atoms with E-state index in [4.69, 9.17) is 17.3 Å². The maximum atomic E-state index is 13.0. The van der Waals surface area contributed by atoms with Crippen LogP contribution in [0.4, 0.5) is 13.2 Å². The summed E-state index contributed by atoms with van der Waals surface area (Å²) < 4.78 is 39.1. The average Bonchev–Trinajstić information content (AvgIpc) is 3.02. The highest BCUT2D eigenvalue weighted by Crippen LogP contribution is 2.53. The van der Waals surface area contributed by atoms with Crippen LogP contribution < -0.4 is 5.73 Å². The Hall–Kier alpha value is -0.740. The summed E-state index contributed by atoms with van der Waals surface area (Å²) >= 11 is 5.62. The molecule has 2 aliphatic rings. The van der Waals surface area contributed by atoms with Crippen LogP contribution in [0.1, 0.15) is 12.8 Å². The van der Waals surface area contributed by atoms with Gasteiger partial charge in [0.25, 0.3) is 0 Å². The molecule has 2 aliphatic carbocycles. The molecule has 2 atom stereocenters. The lowest BCUT2D eigenvalue weighted by molar-refractivity contribution is -0.253. The molecule has 1 fully saturated rings. The van der Waals surface area contributed by atoms with Gasteiger partial charge in [-0.1, -0.05) is 11.6 Å². The van der Waals surface area contributed by atoms with Gasteiger partial charge in [-0.2, -0.15) is 13.2 Å². The predicted octanol–water partition coefficient (Wildman–Crippen LogP) is 2.23. The molecule has 0 bridgehead atoms. The summed E-state index contributed by atoms with van der Waals surface area (Å²) in [5.74, 6) is -0.823. The molecule has 0 spiro atoms. The number of rotatable bonds is 2. The van der Waals surface area contributed by atoms with E-state index in [0.717, 1.165) is 6.08 Å². The Morgan fingerprint density at radius 2 is 2.00 bits per heavy atom. The topological polar surface area (TPSA) is 46.2 Å². The number of hydrogen-bond donors (Lipinski definition) is 2. The zero-order valence-corrected chi connectivity index (χ0v) is 9.52.